The topological polar surface area (TPSA) is 55.3 Å². The Morgan fingerprint density at radius 1 is 1.25 bits per heavy atom. The number of hydrogen-bond donors (Lipinski definition) is 0. The Morgan fingerprint density at radius 2 is 2.17 bits per heavy atom. The molecule has 1 aliphatic rings. The summed E-state index contributed by atoms with van der Waals surface area (Å²) in [6, 6.07) is 9.78. The third-order valence-electron chi connectivity index (χ3n) is 4.54. The van der Waals surface area contributed by atoms with Gasteiger partial charge in [-0.25, -0.2) is 4.98 Å². The van der Waals surface area contributed by atoms with Gasteiger partial charge in [0.15, 0.2) is 0 Å². The van der Waals surface area contributed by atoms with Gasteiger partial charge in [0.25, 0.3) is 5.91 Å². The molecule has 0 bridgehead atoms. The second-order valence-corrected chi connectivity index (χ2v) is 6.10. The number of hydrogen-bond acceptors (Lipinski definition) is 4. The Kier molecular flexibility index (Phi) is 5.41. The molecule has 1 fully saturated rings. The van der Waals surface area contributed by atoms with Gasteiger partial charge in [-0.05, 0) is 50.3 Å². The quantitative estimate of drug-likeness (QED) is 0.847. The SMILES string of the molecule is COc1ccc(C(=O)N2CCCC[C@H]2CCc2ccccn2)cn1. The van der Waals surface area contributed by atoms with E-state index in [4.69, 9.17) is 4.74 Å². The molecule has 3 heterocycles. The monoisotopic (exact) mass is 325 g/mol. The Bertz CT molecular complexity index is 658. The molecular formula is C19H23N3O2. The zero-order valence-corrected chi connectivity index (χ0v) is 14.0. The van der Waals surface area contributed by atoms with Crippen LogP contribution in [0.4, 0.5) is 0 Å². The van der Waals surface area contributed by atoms with Crippen LogP contribution in [0.1, 0.15) is 41.7 Å². The fraction of sp³-hybridized carbons (Fsp3) is 0.421. The van der Waals surface area contributed by atoms with Crippen molar-refractivity contribution in [3.63, 3.8) is 0 Å². The minimum Gasteiger partial charge on any atom is -0.481 e. The first-order valence-corrected chi connectivity index (χ1v) is 8.49. The highest BCUT2D eigenvalue weighted by Crippen LogP contribution is 2.23. The molecule has 1 aliphatic heterocycles. The van der Waals surface area contributed by atoms with Crippen LogP contribution >= 0.6 is 0 Å². The average molecular weight is 325 g/mol. The van der Waals surface area contributed by atoms with Gasteiger partial charge in [0, 0.05) is 36.7 Å². The lowest BCUT2D eigenvalue weighted by molar-refractivity contribution is 0.0601. The van der Waals surface area contributed by atoms with Gasteiger partial charge in [-0.1, -0.05) is 6.07 Å². The molecule has 0 saturated carbocycles. The summed E-state index contributed by atoms with van der Waals surface area (Å²) in [6.07, 6.45) is 8.57. The molecule has 126 valence electrons. The molecule has 2 aromatic rings. The summed E-state index contributed by atoms with van der Waals surface area (Å²) in [4.78, 5) is 23.4. The van der Waals surface area contributed by atoms with Crippen molar-refractivity contribution in [2.24, 2.45) is 0 Å². The van der Waals surface area contributed by atoms with E-state index in [1.807, 2.05) is 29.3 Å². The van der Waals surface area contributed by atoms with Crippen molar-refractivity contribution < 1.29 is 9.53 Å². The third-order valence-corrected chi connectivity index (χ3v) is 4.54. The standard InChI is InChI=1S/C19H23N3O2/c1-24-18-11-8-15(14-21-18)19(23)22-13-5-3-7-17(22)10-9-16-6-2-4-12-20-16/h2,4,6,8,11-12,14,17H,3,5,7,9-10,13H2,1H3/t17-/m0/s1. The van der Waals surface area contributed by atoms with E-state index in [1.165, 1.54) is 6.42 Å². The van der Waals surface area contributed by atoms with E-state index in [0.29, 0.717) is 11.4 Å². The number of piperidine rings is 1. The van der Waals surface area contributed by atoms with Crippen LogP contribution in [-0.4, -0.2) is 40.5 Å². The molecule has 0 aromatic carbocycles. The summed E-state index contributed by atoms with van der Waals surface area (Å²) in [5.41, 5.74) is 1.71. The molecular weight excluding hydrogens is 302 g/mol. The largest absolute Gasteiger partial charge is 0.481 e. The third kappa shape index (κ3) is 3.91. The average Bonchev–Trinajstić information content (AvgIpc) is 2.67. The second kappa shape index (κ2) is 7.90. The number of aryl methyl sites for hydroxylation is 1. The normalized spacial score (nSPS) is 17.5. The Morgan fingerprint density at radius 3 is 2.88 bits per heavy atom. The van der Waals surface area contributed by atoms with Gasteiger partial charge in [0.2, 0.25) is 5.88 Å². The molecule has 5 heteroatoms. The maximum Gasteiger partial charge on any atom is 0.255 e. The van der Waals surface area contributed by atoms with E-state index >= 15 is 0 Å². The molecule has 0 spiro atoms. The van der Waals surface area contributed by atoms with Crippen LogP contribution < -0.4 is 4.74 Å². The van der Waals surface area contributed by atoms with Crippen molar-refractivity contribution in [1.82, 2.24) is 14.9 Å². The highest BCUT2D eigenvalue weighted by molar-refractivity contribution is 5.94. The predicted molar refractivity (Wildman–Crippen MR) is 92.0 cm³/mol. The number of carbonyl (C=O) groups is 1. The zero-order chi connectivity index (χ0) is 16.8. The van der Waals surface area contributed by atoms with Gasteiger partial charge in [-0.2, -0.15) is 0 Å². The van der Waals surface area contributed by atoms with Crippen LogP contribution in [0.5, 0.6) is 5.88 Å². The highest BCUT2D eigenvalue weighted by Gasteiger charge is 2.27. The van der Waals surface area contributed by atoms with Gasteiger partial charge in [0.05, 0.1) is 12.7 Å². The fourth-order valence-corrected chi connectivity index (χ4v) is 3.22. The molecule has 0 N–H and O–H groups in total. The van der Waals surface area contributed by atoms with Gasteiger partial charge in [-0.3, -0.25) is 9.78 Å². The van der Waals surface area contributed by atoms with Crippen LogP contribution in [-0.2, 0) is 6.42 Å². The minimum absolute atomic E-state index is 0.0656. The molecule has 2 aromatic heterocycles. The Hall–Kier alpha value is -2.43. The molecule has 1 saturated heterocycles. The van der Waals surface area contributed by atoms with E-state index < -0.39 is 0 Å². The lowest BCUT2D eigenvalue weighted by Crippen LogP contribution is -2.44. The molecule has 1 atom stereocenters. The minimum atomic E-state index is 0.0656. The number of pyridine rings is 2. The predicted octanol–water partition coefficient (Wildman–Crippen LogP) is 3.11. The first-order chi connectivity index (χ1) is 11.8. The van der Waals surface area contributed by atoms with Gasteiger partial charge < -0.3 is 9.64 Å². The first-order valence-electron chi connectivity index (χ1n) is 8.49. The first kappa shape index (κ1) is 16.4. The highest BCUT2D eigenvalue weighted by atomic mass is 16.5. The molecule has 24 heavy (non-hydrogen) atoms. The Balaban J connectivity index is 1.67. The molecule has 0 radical (unpaired) electrons. The zero-order valence-electron chi connectivity index (χ0n) is 14.0. The number of methoxy groups -OCH3 is 1. The molecule has 3 rings (SSSR count). The molecule has 0 unspecified atom stereocenters. The second-order valence-electron chi connectivity index (χ2n) is 6.10. The summed E-state index contributed by atoms with van der Waals surface area (Å²) < 4.78 is 5.06. The lowest BCUT2D eigenvalue weighted by atomic mass is 9.96. The van der Waals surface area contributed by atoms with E-state index in [9.17, 15) is 4.79 Å². The van der Waals surface area contributed by atoms with Crippen molar-refractivity contribution in [2.45, 2.75) is 38.1 Å². The van der Waals surface area contributed by atoms with Gasteiger partial charge >= 0.3 is 0 Å². The van der Waals surface area contributed by atoms with Crippen LogP contribution in [0, 0.1) is 0 Å². The van der Waals surface area contributed by atoms with Crippen molar-refractivity contribution >= 4 is 5.91 Å². The maximum atomic E-state index is 12.9. The van der Waals surface area contributed by atoms with Crippen molar-refractivity contribution in [3.05, 3.63) is 54.0 Å². The molecule has 1 amide bonds. The summed E-state index contributed by atoms with van der Waals surface area (Å²) in [5, 5.41) is 0. The fourth-order valence-electron chi connectivity index (χ4n) is 3.22. The van der Waals surface area contributed by atoms with Crippen molar-refractivity contribution in [2.75, 3.05) is 13.7 Å². The van der Waals surface area contributed by atoms with Crippen LogP contribution in [0.15, 0.2) is 42.7 Å². The smallest absolute Gasteiger partial charge is 0.255 e. The van der Waals surface area contributed by atoms with E-state index in [-0.39, 0.29) is 11.9 Å². The van der Waals surface area contributed by atoms with Crippen LogP contribution in [0.2, 0.25) is 0 Å². The molecule has 5 nitrogen and oxygen atoms in total. The van der Waals surface area contributed by atoms with E-state index in [1.54, 1.807) is 25.4 Å². The number of carbonyl (C=O) groups excluding carboxylic acids is 1. The van der Waals surface area contributed by atoms with Gasteiger partial charge in [0.1, 0.15) is 0 Å². The number of amides is 1. The number of aromatic nitrogens is 2. The summed E-state index contributed by atoms with van der Waals surface area (Å²) in [5.74, 6) is 0.591. The van der Waals surface area contributed by atoms with Crippen LogP contribution in [0.3, 0.4) is 0 Å². The number of ether oxygens (including phenoxy) is 1. The van der Waals surface area contributed by atoms with Gasteiger partial charge in [-0.15, -0.1) is 0 Å². The number of rotatable bonds is 5. The maximum absolute atomic E-state index is 12.9. The Labute approximate surface area is 142 Å². The van der Waals surface area contributed by atoms with E-state index in [2.05, 4.69) is 9.97 Å². The number of likely N-dealkylation sites (tertiary alicyclic amines) is 1. The van der Waals surface area contributed by atoms with Crippen molar-refractivity contribution in [1.29, 1.82) is 0 Å². The lowest BCUT2D eigenvalue weighted by Gasteiger charge is -2.36. The summed E-state index contributed by atoms with van der Waals surface area (Å²) in [6.45, 7) is 0.817. The number of nitrogens with zero attached hydrogens (tertiary/aromatic N) is 3. The molecule has 0 aliphatic carbocycles. The van der Waals surface area contributed by atoms with E-state index in [0.717, 1.165) is 37.9 Å². The van der Waals surface area contributed by atoms with Crippen LogP contribution in [0.25, 0.3) is 0 Å². The summed E-state index contributed by atoms with van der Waals surface area (Å²) in [7, 11) is 1.57. The van der Waals surface area contributed by atoms with Crippen molar-refractivity contribution in [3.8, 4) is 5.88 Å². The summed E-state index contributed by atoms with van der Waals surface area (Å²) >= 11 is 0.